The Kier molecular flexibility index (Phi) is 2.76. The largest absolute Gasteiger partial charge is 0.469 e. The topological polar surface area (TPSA) is 26.3 Å². The highest BCUT2D eigenvalue weighted by atomic mass is 16.5. The number of hydrogen-bond acceptors (Lipinski definition) is 2. The van der Waals surface area contributed by atoms with E-state index in [1.807, 2.05) is 0 Å². The summed E-state index contributed by atoms with van der Waals surface area (Å²) in [5.74, 6) is -0.00694. The summed E-state index contributed by atoms with van der Waals surface area (Å²) in [5.41, 5.74) is 4.04. The lowest BCUT2D eigenvalue weighted by atomic mass is 9.82. The molecule has 0 saturated heterocycles. The third kappa shape index (κ3) is 1.89. The molecule has 0 bridgehead atoms. The van der Waals surface area contributed by atoms with Crippen LogP contribution in [0.3, 0.4) is 0 Å². The molecular formula is C13H16O2. The molecule has 0 fully saturated rings. The minimum absolute atomic E-state index is 0.0589. The summed E-state index contributed by atoms with van der Waals surface area (Å²) in [6.45, 7) is 2.11. The smallest absolute Gasteiger partial charge is 0.309 e. The number of aryl methyl sites for hydroxylation is 2. The van der Waals surface area contributed by atoms with Gasteiger partial charge >= 0.3 is 5.97 Å². The first-order chi connectivity index (χ1) is 7.22. The predicted octanol–water partition coefficient (Wildman–Crippen LogP) is 2.27. The van der Waals surface area contributed by atoms with Gasteiger partial charge in [-0.1, -0.05) is 18.2 Å². The van der Waals surface area contributed by atoms with Crippen LogP contribution in [0.1, 0.15) is 23.1 Å². The average molecular weight is 204 g/mol. The zero-order valence-electron chi connectivity index (χ0n) is 9.25. The van der Waals surface area contributed by atoms with Crippen molar-refractivity contribution in [2.24, 2.45) is 5.92 Å². The Labute approximate surface area is 90.3 Å². The number of ether oxygens (including phenoxy) is 1. The molecule has 1 aromatic carbocycles. The molecule has 0 amide bonds. The highest BCUT2D eigenvalue weighted by Gasteiger charge is 2.25. The van der Waals surface area contributed by atoms with E-state index in [0.717, 1.165) is 19.3 Å². The average Bonchev–Trinajstić information content (AvgIpc) is 2.28. The summed E-state index contributed by atoms with van der Waals surface area (Å²) in [4.78, 5) is 11.5. The van der Waals surface area contributed by atoms with Crippen molar-refractivity contribution in [3.63, 3.8) is 0 Å². The molecule has 2 heteroatoms. The fourth-order valence-corrected chi connectivity index (χ4v) is 2.34. The number of rotatable bonds is 1. The Hall–Kier alpha value is -1.31. The van der Waals surface area contributed by atoms with Gasteiger partial charge in [-0.05, 0) is 42.9 Å². The molecule has 0 aliphatic heterocycles. The maximum absolute atomic E-state index is 11.5. The first-order valence-corrected chi connectivity index (χ1v) is 5.37. The highest BCUT2D eigenvalue weighted by Crippen LogP contribution is 2.28. The van der Waals surface area contributed by atoms with E-state index in [1.165, 1.54) is 23.8 Å². The van der Waals surface area contributed by atoms with E-state index < -0.39 is 0 Å². The summed E-state index contributed by atoms with van der Waals surface area (Å²) < 4.78 is 4.81. The number of fused-ring (bicyclic) bond motifs is 1. The minimum Gasteiger partial charge on any atom is -0.469 e. The van der Waals surface area contributed by atoms with Gasteiger partial charge in [0.2, 0.25) is 0 Å². The first-order valence-electron chi connectivity index (χ1n) is 5.37. The van der Waals surface area contributed by atoms with Crippen LogP contribution in [0.4, 0.5) is 0 Å². The van der Waals surface area contributed by atoms with Crippen LogP contribution in [0, 0.1) is 12.8 Å². The maximum Gasteiger partial charge on any atom is 0.309 e. The zero-order chi connectivity index (χ0) is 10.8. The van der Waals surface area contributed by atoms with Crippen LogP contribution in [0.15, 0.2) is 18.2 Å². The third-order valence-electron chi connectivity index (χ3n) is 3.25. The molecule has 0 saturated carbocycles. The van der Waals surface area contributed by atoms with Crippen LogP contribution < -0.4 is 0 Å². The summed E-state index contributed by atoms with van der Waals surface area (Å²) >= 11 is 0. The van der Waals surface area contributed by atoms with Crippen molar-refractivity contribution in [1.29, 1.82) is 0 Å². The molecule has 1 aliphatic rings. The van der Waals surface area contributed by atoms with Gasteiger partial charge in [-0.3, -0.25) is 4.79 Å². The van der Waals surface area contributed by atoms with Gasteiger partial charge in [-0.15, -0.1) is 0 Å². The second kappa shape index (κ2) is 4.05. The SMILES string of the molecule is COC(=O)C1CCc2cccc(C)c2C1. The van der Waals surface area contributed by atoms with E-state index in [9.17, 15) is 4.79 Å². The Bertz CT molecular complexity index is 382. The second-order valence-electron chi connectivity index (χ2n) is 4.18. The van der Waals surface area contributed by atoms with Crippen molar-refractivity contribution in [2.75, 3.05) is 7.11 Å². The molecule has 2 rings (SSSR count). The highest BCUT2D eigenvalue weighted by molar-refractivity contribution is 5.73. The van der Waals surface area contributed by atoms with E-state index in [4.69, 9.17) is 4.74 Å². The van der Waals surface area contributed by atoms with E-state index in [-0.39, 0.29) is 11.9 Å². The van der Waals surface area contributed by atoms with E-state index in [0.29, 0.717) is 0 Å². The standard InChI is InChI=1S/C13H16O2/c1-9-4-3-5-10-6-7-11(8-12(9)10)13(14)15-2/h3-5,11H,6-8H2,1-2H3. The monoisotopic (exact) mass is 204 g/mol. The number of esters is 1. The maximum atomic E-state index is 11.5. The van der Waals surface area contributed by atoms with Crippen molar-refractivity contribution >= 4 is 5.97 Å². The number of methoxy groups -OCH3 is 1. The Balaban J connectivity index is 2.26. The van der Waals surface area contributed by atoms with Crippen molar-refractivity contribution < 1.29 is 9.53 Å². The van der Waals surface area contributed by atoms with Crippen LogP contribution in [-0.4, -0.2) is 13.1 Å². The van der Waals surface area contributed by atoms with Crippen LogP contribution in [0.5, 0.6) is 0 Å². The van der Waals surface area contributed by atoms with Crippen molar-refractivity contribution in [2.45, 2.75) is 26.2 Å². The molecule has 1 aromatic rings. The molecule has 0 spiro atoms. The summed E-state index contributed by atoms with van der Waals surface area (Å²) in [6.07, 6.45) is 2.76. The predicted molar refractivity (Wildman–Crippen MR) is 58.7 cm³/mol. The molecule has 2 nitrogen and oxygen atoms in total. The lowest BCUT2D eigenvalue weighted by molar-refractivity contribution is -0.145. The molecule has 1 atom stereocenters. The number of carbonyl (C=O) groups is 1. The second-order valence-corrected chi connectivity index (χ2v) is 4.18. The van der Waals surface area contributed by atoms with E-state index in [2.05, 4.69) is 25.1 Å². The van der Waals surface area contributed by atoms with Crippen LogP contribution in [0.25, 0.3) is 0 Å². The Morgan fingerprint density at radius 3 is 3.00 bits per heavy atom. The van der Waals surface area contributed by atoms with Gasteiger partial charge < -0.3 is 4.74 Å². The molecule has 80 valence electrons. The fraction of sp³-hybridized carbons (Fsp3) is 0.462. The number of benzene rings is 1. The first kappa shape index (κ1) is 10.2. The molecule has 1 aliphatic carbocycles. The lowest BCUT2D eigenvalue weighted by Crippen LogP contribution is -2.24. The fourth-order valence-electron chi connectivity index (χ4n) is 2.34. The van der Waals surface area contributed by atoms with Crippen molar-refractivity contribution in [3.05, 3.63) is 34.9 Å². The third-order valence-corrected chi connectivity index (χ3v) is 3.25. The van der Waals surface area contributed by atoms with Gasteiger partial charge in [0.25, 0.3) is 0 Å². The number of carbonyl (C=O) groups excluding carboxylic acids is 1. The molecule has 0 radical (unpaired) electrons. The molecule has 1 unspecified atom stereocenters. The molecule has 15 heavy (non-hydrogen) atoms. The van der Waals surface area contributed by atoms with Crippen LogP contribution >= 0.6 is 0 Å². The van der Waals surface area contributed by atoms with Gasteiger partial charge in [0.15, 0.2) is 0 Å². The van der Waals surface area contributed by atoms with Gasteiger partial charge in [-0.2, -0.15) is 0 Å². The Morgan fingerprint density at radius 2 is 2.27 bits per heavy atom. The van der Waals surface area contributed by atoms with Gasteiger partial charge in [-0.25, -0.2) is 0 Å². The molecular weight excluding hydrogens is 188 g/mol. The van der Waals surface area contributed by atoms with E-state index >= 15 is 0 Å². The normalized spacial score (nSPS) is 19.5. The van der Waals surface area contributed by atoms with Gasteiger partial charge in [0.05, 0.1) is 13.0 Å². The summed E-state index contributed by atoms with van der Waals surface area (Å²) in [7, 11) is 1.47. The van der Waals surface area contributed by atoms with Crippen molar-refractivity contribution in [1.82, 2.24) is 0 Å². The molecule has 0 aromatic heterocycles. The molecule has 0 N–H and O–H groups in total. The lowest BCUT2D eigenvalue weighted by Gasteiger charge is -2.24. The van der Waals surface area contributed by atoms with Crippen molar-refractivity contribution in [3.8, 4) is 0 Å². The van der Waals surface area contributed by atoms with E-state index in [1.54, 1.807) is 0 Å². The summed E-state index contributed by atoms with van der Waals surface area (Å²) in [5, 5.41) is 0. The Morgan fingerprint density at radius 1 is 1.47 bits per heavy atom. The van der Waals surface area contributed by atoms with Crippen LogP contribution in [-0.2, 0) is 22.4 Å². The zero-order valence-corrected chi connectivity index (χ0v) is 9.25. The quantitative estimate of drug-likeness (QED) is 0.656. The van der Waals surface area contributed by atoms with Crippen LogP contribution in [0.2, 0.25) is 0 Å². The van der Waals surface area contributed by atoms with Gasteiger partial charge in [0, 0.05) is 0 Å². The summed E-state index contributed by atoms with van der Waals surface area (Å²) in [6, 6.07) is 6.36. The molecule has 0 heterocycles. The minimum atomic E-state index is -0.0658. The number of hydrogen-bond donors (Lipinski definition) is 0. The van der Waals surface area contributed by atoms with Gasteiger partial charge in [0.1, 0.15) is 0 Å².